The number of nitrogens with zero attached hydrogens (tertiary/aromatic N) is 2. The minimum atomic E-state index is -0.288. The highest BCUT2D eigenvalue weighted by atomic mass is 16.2. The quantitative estimate of drug-likeness (QED) is 0.422. The molecule has 1 heterocycles. The van der Waals surface area contributed by atoms with Crippen LogP contribution >= 0.6 is 0 Å². The SMILES string of the molecule is CN(C)CCC(c1ccc(C(=O)NN)cc1)c1ncc[nH]1. The summed E-state index contributed by atoms with van der Waals surface area (Å²) in [4.78, 5) is 21.2. The van der Waals surface area contributed by atoms with Crippen molar-refractivity contribution in [1.29, 1.82) is 0 Å². The molecule has 0 aliphatic rings. The Bertz CT molecular complexity index is 562. The van der Waals surface area contributed by atoms with Gasteiger partial charge >= 0.3 is 0 Å². The number of rotatable bonds is 6. The summed E-state index contributed by atoms with van der Waals surface area (Å²) in [6.07, 6.45) is 4.53. The van der Waals surface area contributed by atoms with Gasteiger partial charge in [-0.25, -0.2) is 10.8 Å². The molecule has 0 aliphatic heterocycles. The van der Waals surface area contributed by atoms with E-state index in [0.29, 0.717) is 5.56 Å². The molecule has 112 valence electrons. The minimum Gasteiger partial charge on any atom is -0.348 e. The Morgan fingerprint density at radius 1 is 1.38 bits per heavy atom. The van der Waals surface area contributed by atoms with Crippen molar-refractivity contribution in [3.63, 3.8) is 0 Å². The van der Waals surface area contributed by atoms with Crippen LogP contribution in [-0.2, 0) is 0 Å². The van der Waals surface area contributed by atoms with Crippen molar-refractivity contribution in [3.8, 4) is 0 Å². The van der Waals surface area contributed by atoms with Crippen LogP contribution in [0, 0.1) is 0 Å². The summed E-state index contributed by atoms with van der Waals surface area (Å²) in [6.45, 7) is 0.955. The van der Waals surface area contributed by atoms with E-state index in [1.165, 1.54) is 0 Å². The maximum absolute atomic E-state index is 11.5. The first-order chi connectivity index (χ1) is 10.1. The van der Waals surface area contributed by atoms with Gasteiger partial charge in [-0.15, -0.1) is 0 Å². The van der Waals surface area contributed by atoms with E-state index in [4.69, 9.17) is 5.84 Å². The predicted octanol–water partition coefficient (Wildman–Crippen LogP) is 1.10. The number of hydrogen-bond donors (Lipinski definition) is 3. The average Bonchev–Trinajstić information content (AvgIpc) is 3.01. The second kappa shape index (κ2) is 7.01. The normalized spacial score (nSPS) is 12.4. The first kappa shape index (κ1) is 15.2. The lowest BCUT2D eigenvalue weighted by atomic mass is 9.94. The van der Waals surface area contributed by atoms with Crippen LogP contribution in [0.2, 0.25) is 0 Å². The van der Waals surface area contributed by atoms with Crippen LogP contribution in [0.25, 0.3) is 0 Å². The van der Waals surface area contributed by atoms with E-state index in [2.05, 4.69) is 20.3 Å². The van der Waals surface area contributed by atoms with Gasteiger partial charge in [-0.2, -0.15) is 0 Å². The van der Waals surface area contributed by atoms with E-state index in [1.54, 1.807) is 18.3 Å². The molecule has 6 nitrogen and oxygen atoms in total. The molecular weight excluding hydrogens is 266 g/mol. The summed E-state index contributed by atoms with van der Waals surface area (Å²) in [5, 5.41) is 0. The van der Waals surface area contributed by atoms with Crippen LogP contribution in [0.1, 0.15) is 34.1 Å². The number of hydrogen-bond acceptors (Lipinski definition) is 4. The van der Waals surface area contributed by atoms with Gasteiger partial charge in [0, 0.05) is 23.9 Å². The van der Waals surface area contributed by atoms with E-state index >= 15 is 0 Å². The van der Waals surface area contributed by atoms with Crippen LogP contribution in [0.4, 0.5) is 0 Å². The lowest BCUT2D eigenvalue weighted by Crippen LogP contribution is -2.29. The second-order valence-electron chi connectivity index (χ2n) is 5.21. The largest absolute Gasteiger partial charge is 0.348 e. The van der Waals surface area contributed by atoms with Crippen LogP contribution in [0.15, 0.2) is 36.7 Å². The molecular formula is C15H21N5O. The van der Waals surface area contributed by atoms with Gasteiger partial charge in [0.15, 0.2) is 0 Å². The Balaban J connectivity index is 2.22. The molecule has 6 heteroatoms. The summed E-state index contributed by atoms with van der Waals surface area (Å²) in [6, 6.07) is 7.47. The van der Waals surface area contributed by atoms with Gasteiger partial charge in [0.1, 0.15) is 5.82 Å². The zero-order valence-electron chi connectivity index (χ0n) is 12.3. The third kappa shape index (κ3) is 3.90. The van der Waals surface area contributed by atoms with Gasteiger partial charge in [0.2, 0.25) is 0 Å². The van der Waals surface area contributed by atoms with Crippen molar-refractivity contribution >= 4 is 5.91 Å². The summed E-state index contributed by atoms with van der Waals surface area (Å²) in [5.74, 6) is 5.97. The summed E-state index contributed by atoms with van der Waals surface area (Å²) in [5.41, 5.74) is 3.81. The van der Waals surface area contributed by atoms with Crippen molar-refractivity contribution < 1.29 is 4.79 Å². The van der Waals surface area contributed by atoms with Crippen LogP contribution in [0.3, 0.4) is 0 Å². The number of carbonyl (C=O) groups is 1. The molecule has 0 bridgehead atoms. The lowest BCUT2D eigenvalue weighted by Gasteiger charge is -2.18. The number of hydrazine groups is 1. The molecule has 0 fully saturated rings. The Kier molecular flexibility index (Phi) is 5.08. The molecule has 2 aromatic rings. The number of nitrogens with one attached hydrogen (secondary N) is 2. The topological polar surface area (TPSA) is 87.0 Å². The van der Waals surface area contributed by atoms with E-state index in [1.807, 2.05) is 32.4 Å². The number of aromatic amines is 1. The third-order valence-electron chi connectivity index (χ3n) is 3.42. The summed E-state index contributed by atoms with van der Waals surface area (Å²) < 4.78 is 0. The minimum absolute atomic E-state index is 0.178. The van der Waals surface area contributed by atoms with Crippen molar-refractivity contribution in [1.82, 2.24) is 20.3 Å². The molecule has 1 unspecified atom stereocenters. The maximum atomic E-state index is 11.5. The fourth-order valence-electron chi connectivity index (χ4n) is 2.27. The van der Waals surface area contributed by atoms with Gasteiger partial charge in [-0.3, -0.25) is 10.2 Å². The fourth-order valence-corrected chi connectivity index (χ4v) is 2.27. The molecule has 0 aliphatic carbocycles. The van der Waals surface area contributed by atoms with E-state index in [9.17, 15) is 4.79 Å². The van der Waals surface area contributed by atoms with Crippen molar-refractivity contribution in [3.05, 3.63) is 53.6 Å². The zero-order chi connectivity index (χ0) is 15.2. The Morgan fingerprint density at radius 3 is 2.62 bits per heavy atom. The monoisotopic (exact) mass is 287 g/mol. The number of amides is 1. The molecule has 1 amide bonds. The Labute approximate surface area is 124 Å². The highest BCUT2D eigenvalue weighted by molar-refractivity contribution is 5.93. The van der Waals surface area contributed by atoms with Gasteiger partial charge in [-0.05, 0) is 44.8 Å². The Morgan fingerprint density at radius 2 is 2.10 bits per heavy atom. The highest BCUT2D eigenvalue weighted by Crippen LogP contribution is 2.25. The van der Waals surface area contributed by atoms with E-state index in [0.717, 1.165) is 24.4 Å². The van der Waals surface area contributed by atoms with Gasteiger partial charge < -0.3 is 9.88 Å². The molecule has 1 aromatic heterocycles. The molecule has 21 heavy (non-hydrogen) atoms. The first-order valence-corrected chi connectivity index (χ1v) is 6.86. The van der Waals surface area contributed by atoms with Crippen LogP contribution in [0.5, 0.6) is 0 Å². The number of aromatic nitrogens is 2. The van der Waals surface area contributed by atoms with Gasteiger partial charge in [0.25, 0.3) is 5.91 Å². The number of nitrogen functional groups attached to an aromatic ring is 1. The maximum Gasteiger partial charge on any atom is 0.265 e. The van der Waals surface area contributed by atoms with Crippen molar-refractivity contribution in [2.24, 2.45) is 5.84 Å². The second-order valence-corrected chi connectivity index (χ2v) is 5.21. The van der Waals surface area contributed by atoms with Crippen molar-refractivity contribution in [2.75, 3.05) is 20.6 Å². The highest BCUT2D eigenvalue weighted by Gasteiger charge is 2.17. The molecule has 0 saturated carbocycles. The first-order valence-electron chi connectivity index (χ1n) is 6.86. The number of H-pyrrole nitrogens is 1. The predicted molar refractivity (Wildman–Crippen MR) is 81.7 cm³/mol. The number of carbonyl (C=O) groups excluding carboxylic acids is 1. The molecule has 1 atom stereocenters. The number of nitrogens with two attached hydrogens (primary N) is 1. The summed E-state index contributed by atoms with van der Waals surface area (Å²) in [7, 11) is 4.10. The van der Waals surface area contributed by atoms with E-state index in [-0.39, 0.29) is 11.8 Å². The molecule has 2 rings (SSSR count). The van der Waals surface area contributed by atoms with E-state index < -0.39 is 0 Å². The van der Waals surface area contributed by atoms with Crippen LogP contribution < -0.4 is 11.3 Å². The standard InChI is InChI=1S/C15H21N5O/c1-20(2)10-7-13(14-17-8-9-18-14)11-3-5-12(6-4-11)15(21)19-16/h3-6,8-9,13H,7,10,16H2,1-2H3,(H,17,18)(H,19,21). The molecule has 0 saturated heterocycles. The summed E-state index contributed by atoms with van der Waals surface area (Å²) >= 11 is 0. The molecule has 0 spiro atoms. The molecule has 4 N–H and O–H groups in total. The van der Waals surface area contributed by atoms with Gasteiger partial charge in [-0.1, -0.05) is 12.1 Å². The van der Waals surface area contributed by atoms with Gasteiger partial charge in [0.05, 0.1) is 0 Å². The Hall–Kier alpha value is -2.18. The zero-order valence-corrected chi connectivity index (χ0v) is 12.3. The lowest BCUT2D eigenvalue weighted by molar-refractivity contribution is 0.0953. The molecule has 0 radical (unpaired) electrons. The number of benzene rings is 1. The number of imidazole rings is 1. The average molecular weight is 287 g/mol. The van der Waals surface area contributed by atoms with Crippen LogP contribution in [-0.4, -0.2) is 41.4 Å². The smallest absolute Gasteiger partial charge is 0.265 e. The fraction of sp³-hybridized carbons (Fsp3) is 0.333. The third-order valence-corrected chi connectivity index (χ3v) is 3.42. The van der Waals surface area contributed by atoms with Crippen molar-refractivity contribution in [2.45, 2.75) is 12.3 Å². The molecule has 1 aromatic carbocycles.